The Morgan fingerprint density at radius 2 is 2.04 bits per heavy atom. The fourth-order valence-corrected chi connectivity index (χ4v) is 5.91. The average molecular weight is 387 g/mol. The van der Waals surface area contributed by atoms with E-state index >= 15 is 0 Å². The van der Waals surface area contributed by atoms with Crippen molar-refractivity contribution in [2.75, 3.05) is 40.0 Å². The lowest BCUT2D eigenvalue weighted by atomic mass is 9.86. The molecule has 3 aliphatic heterocycles. The second kappa shape index (κ2) is 7.09. The minimum atomic E-state index is 0.253. The Bertz CT molecular complexity index is 844. The van der Waals surface area contributed by atoms with Gasteiger partial charge in [0.05, 0.1) is 20.3 Å². The summed E-state index contributed by atoms with van der Waals surface area (Å²) in [6, 6.07) is 6.74. The van der Waals surface area contributed by atoms with Crippen molar-refractivity contribution < 1.29 is 14.6 Å². The summed E-state index contributed by atoms with van der Waals surface area (Å²) in [5, 5.41) is 10.3. The highest BCUT2D eigenvalue weighted by Gasteiger charge is 2.34. The van der Waals surface area contributed by atoms with Crippen LogP contribution in [0.25, 0.3) is 0 Å². The molecule has 3 aliphatic rings. The molecule has 1 aromatic heterocycles. The second-order valence-electron chi connectivity index (χ2n) is 7.71. The third-order valence-electron chi connectivity index (χ3n) is 6.09. The Balaban J connectivity index is 1.39. The van der Waals surface area contributed by atoms with Crippen LogP contribution in [-0.2, 0) is 30.7 Å². The maximum Gasteiger partial charge on any atom is 0.160 e. The van der Waals surface area contributed by atoms with Gasteiger partial charge in [-0.2, -0.15) is 0 Å². The number of nitrogens with zero attached hydrogens (tertiary/aromatic N) is 2. The van der Waals surface area contributed by atoms with Crippen molar-refractivity contribution in [3.05, 3.63) is 44.6 Å². The molecular formula is C21H26N2O3S. The van der Waals surface area contributed by atoms with Crippen LogP contribution in [-0.4, -0.2) is 54.9 Å². The SMILES string of the molecule is COc1cc2c(cc1O)C1Cc3sc(CN4CCOCC4)cc3CN1CC2. The third-order valence-corrected chi connectivity index (χ3v) is 7.28. The van der Waals surface area contributed by atoms with Gasteiger partial charge in [-0.1, -0.05) is 0 Å². The number of fused-ring (bicyclic) bond motifs is 4. The van der Waals surface area contributed by atoms with Crippen LogP contribution in [0.4, 0.5) is 0 Å². The van der Waals surface area contributed by atoms with Gasteiger partial charge in [0.2, 0.25) is 0 Å². The number of hydrogen-bond acceptors (Lipinski definition) is 6. The molecule has 1 saturated heterocycles. The average Bonchev–Trinajstić information content (AvgIpc) is 3.07. The number of methoxy groups -OCH3 is 1. The Hall–Kier alpha value is -1.60. The molecule has 4 heterocycles. The van der Waals surface area contributed by atoms with Crippen LogP contribution in [0.2, 0.25) is 0 Å². The lowest BCUT2D eigenvalue weighted by Crippen LogP contribution is -2.38. The summed E-state index contributed by atoms with van der Waals surface area (Å²) in [5.74, 6) is 0.839. The molecular weight excluding hydrogens is 360 g/mol. The monoisotopic (exact) mass is 386 g/mol. The summed E-state index contributed by atoms with van der Waals surface area (Å²) in [7, 11) is 1.62. The van der Waals surface area contributed by atoms with Crippen LogP contribution in [0, 0.1) is 0 Å². The van der Waals surface area contributed by atoms with Gasteiger partial charge >= 0.3 is 0 Å². The molecule has 0 saturated carbocycles. The highest BCUT2D eigenvalue weighted by atomic mass is 32.1. The molecule has 0 aliphatic carbocycles. The lowest BCUT2D eigenvalue weighted by molar-refractivity contribution is 0.0346. The van der Waals surface area contributed by atoms with Gasteiger partial charge < -0.3 is 14.6 Å². The second-order valence-corrected chi connectivity index (χ2v) is 8.93. The normalized spacial score (nSPS) is 22.8. The van der Waals surface area contributed by atoms with Crippen LogP contribution in [0.3, 0.4) is 0 Å². The van der Waals surface area contributed by atoms with E-state index in [0.717, 1.165) is 58.8 Å². The van der Waals surface area contributed by atoms with E-state index in [1.54, 1.807) is 7.11 Å². The van der Waals surface area contributed by atoms with E-state index in [9.17, 15) is 5.11 Å². The smallest absolute Gasteiger partial charge is 0.160 e. The fraction of sp³-hybridized carbons (Fsp3) is 0.524. The Labute approximate surface area is 164 Å². The van der Waals surface area contributed by atoms with Gasteiger partial charge in [-0.3, -0.25) is 9.80 Å². The predicted octanol–water partition coefficient (Wildman–Crippen LogP) is 2.95. The largest absolute Gasteiger partial charge is 0.504 e. The molecule has 5 rings (SSSR count). The topological polar surface area (TPSA) is 45.2 Å². The Morgan fingerprint density at radius 1 is 1.19 bits per heavy atom. The van der Waals surface area contributed by atoms with E-state index in [4.69, 9.17) is 9.47 Å². The number of phenolic OH excluding ortho intramolecular Hbond substituents is 1. The quantitative estimate of drug-likeness (QED) is 0.879. The number of aromatic hydroxyl groups is 1. The van der Waals surface area contributed by atoms with Crippen molar-refractivity contribution in [1.29, 1.82) is 0 Å². The molecule has 1 atom stereocenters. The van der Waals surface area contributed by atoms with Crippen LogP contribution in [0.1, 0.15) is 32.5 Å². The van der Waals surface area contributed by atoms with E-state index in [2.05, 4.69) is 15.9 Å². The van der Waals surface area contributed by atoms with E-state index in [-0.39, 0.29) is 5.75 Å². The summed E-state index contributed by atoms with van der Waals surface area (Å²) < 4.78 is 10.8. The van der Waals surface area contributed by atoms with E-state index in [1.807, 2.05) is 23.5 Å². The molecule has 1 aromatic carbocycles. The first-order chi connectivity index (χ1) is 13.2. The number of hydrogen-bond donors (Lipinski definition) is 1. The van der Waals surface area contributed by atoms with Crippen LogP contribution in [0.15, 0.2) is 18.2 Å². The minimum Gasteiger partial charge on any atom is -0.504 e. The van der Waals surface area contributed by atoms with Crippen molar-refractivity contribution in [3.63, 3.8) is 0 Å². The number of rotatable bonds is 3. The number of thiophene rings is 1. The molecule has 0 spiro atoms. The van der Waals surface area contributed by atoms with Crippen molar-refractivity contribution in [2.24, 2.45) is 0 Å². The molecule has 0 amide bonds. The zero-order valence-corrected chi connectivity index (χ0v) is 16.6. The fourth-order valence-electron chi connectivity index (χ4n) is 4.65. The molecule has 5 nitrogen and oxygen atoms in total. The predicted molar refractivity (Wildman–Crippen MR) is 106 cm³/mol. The van der Waals surface area contributed by atoms with Crippen molar-refractivity contribution in [1.82, 2.24) is 9.80 Å². The molecule has 27 heavy (non-hydrogen) atoms. The standard InChI is InChI=1S/C21H26N2O3S/c1-25-20-9-14-2-3-23-12-15-8-16(13-22-4-6-26-7-5-22)27-21(15)11-18(23)17(14)10-19(20)24/h8-10,18,24H,2-7,11-13H2,1H3. The van der Waals surface area contributed by atoms with Crippen molar-refractivity contribution in [3.8, 4) is 11.5 Å². The van der Waals surface area contributed by atoms with Crippen molar-refractivity contribution in [2.45, 2.75) is 32.0 Å². The zero-order valence-electron chi connectivity index (χ0n) is 15.7. The molecule has 0 bridgehead atoms. The summed E-state index contributed by atoms with van der Waals surface area (Å²) in [6.45, 7) is 6.90. The Kier molecular flexibility index (Phi) is 4.60. The first kappa shape index (κ1) is 17.5. The molecule has 6 heteroatoms. The molecule has 1 N–H and O–H groups in total. The van der Waals surface area contributed by atoms with E-state index < -0.39 is 0 Å². The van der Waals surface area contributed by atoms with Gasteiger partial charge in [-0.25, -0.2) is 0 Å². The van der Waals surface area contributed by atoms with E-state index in [1.165, 1.54) is 26.4 Å². The highest BCUT2D eigenvalue weighted by molar-refractivity contribution is 7.12. The lowest BCUT2D eigenvalue weighted by Gasteiger charge is -2.40. The van der Waals surface area contributed by atoms with E-state index in [0.29, 0.717) is 11.8 Å². The van der Waals surface area contributed by atoms with Gasteiger partial charge in [-0.05, 0) is 41.3 Å². The first-order valence-corrected chi connectivity index (χ1v) is 10.6. The van der Waals surface area contributed by atoms with Crippen molar-refractivity contribution >= 4 is 11.3 Å². The van der Waals surface area contributed by atoms with Crippen LogP contribution in [0.5, 0.6) is 11.5 Å². The van der Waals surface area contributed by atoms with Gasteiger partial charge in [-0.15, -0.1) is 11.3 Å². The molecule has 144 valence electrons. The maximum atomic E-state index is 10.3. The molecule has 1 fully saturated rings. The summed E-state index contributed by atoms with van der Waals surface area (Å²) >= 11 is 1.97. The van der Waals surface area contributed by atoms with Gasteiger partial charge in [0, 0.05) is 54.9 Å². The highest BCUT2D eigenvalue weighted by Crippen LogP contribution is 2.43. The summed E-state index contributed by atoms with van der Waals surface area (Å²) in [6.07, 6.45) is 2.06. The number of benzene rings is 1. The zero-order chi connectivity index (χ0) is 18.4. The molecule has 0 radical (unpaired) electrons. The third kappa shape index (κ3) is 3.25. The first-order valence-electron chi connectivity index (χ1n) is 9.75. The summed E-state index contributed by atoms with van der Waals surface area (Å²) in [5.41, 5.74) is 4.09. The minimum absolute atomic E-state index is 0.253. The van der Waals surface area contributed by atoms with Crippen LogP contribution < -0.4 is 4.74 Å². The van der Waals surface area contributed by atoms with Crippen LogP contribution >= 0.6 is 11.3 Å². The van der Waals surface area contributed by atoms with Gasteiger partial charge in [0.1, 0.15) is 0 Å². The molecule has 2 aromatic rings. The van der Waals surface area contributed by atoms with Gasteiger partial charge in [0.25, 0.3) is 0 Å². The van der Waals surface area contributed by atoms with Gasteiger partial charge in [0.15, 0.2) is 11.5 Å². The number of phenols is 1. The number of ether oxygens (including phenoxy) is 2. The maximum absolute atomic E-state index is 10.3. The number of morpholine rings is 1. The summed E-state index contributed by atoms with van der Waals surface area (Å²) in [4.78, 5) is 8.05. The Morgan fingerprint density at radius 3 is 2.85 bits per heavy atom. The molecule has 1 unspecified atom stereocenters.